The van der Waals surface area contributed by atoms with Gasteiger partial charge in [0.1, 0.15) is 68.6 Å². The van der Waals surface area contributed by atoms with E-state index in [0.29, 0.717) is 34.5 Å². The van der Waals surface area contributed by atoms with Crippen LogP contribution in [0.4, 0.5) is 66.0 Å². The third-order valence-corrected chi connectivity index (χ3v) is 17.7. The van der Waals surface area contributed by atoms with Gasteiger partial charge in [0.15, 0.2) is 0 Å². The Morgan fingerprint density at radius 2 is 0.667 bits per heavy atom. The number of aromatic nitrogens is 9. The van der Waals surface area contributed by atoms with E-state index in [-0.39, 0.29) is 42.3 Å². The minimum absolute atomic E-state index is 0. The quantitative estimate of drug-likeness (QED) is 0.0618. The van der Waals surface area contributed by atoms with Gasteiger partial charge in [-0.3, -0.25) is 13.2 Å². The first-order valence-electron chi connectivity index (χ1n) is 34.3. The van der Waals surface area contributed by atoms with E-state index >= 15 is 0 Å². The molecule has 6 amide bonds. The number of carbonyl (C=O) groups excluding carboxylic acids is 3. The van der Waals surface area contributed by atoms with Crippen molar-refractivity contribution < 1.29 is 14.4 Å². The van der Waals surface area contributed by atoms with Gasteiger partial charge in [0, 0.05) is 104 Å². The molecule has 0 unspecified atom stereocenters. The van der Waals surface area contributed by atoms with Crippen LogP contribution in [-0.4, -0.2) is 61.2 Å². The highest BCUT2D eigenvalue weighted by Crippen LogP contribution is 2.42. The second-order valence-electron chi connectivity index (χ2n) is 28.1. The Balaban J connectivity index is 0.000000147. The molecule has 12 N–H and O–H groups in total. The van der Waals surface area contributed by atoms with E-state index < -0.39 is 0 Å². The number of urea groups is 3. The van der Waals surface area contributed by atoms with E-state index in [0.717, 1.165) is 134 Å². The fourth-order valence-corrected chi connectivity index (χ4v) is 13.1. The van der Waals surface area contributed by atoms with Gasteiger partial charge in [0.2, 0.25) is 0 Å². The smallest absolute Gasteiger partial charge is 0.323 e. The molecule has 0 aliphatic heterocycles. The highest BCUT2D eigenvalue weighted by molar-refractivity contribution is 6.14. The van der Waals surface area contributed by atoms with Gasteiger partial charge >= 0.3 is 18.1 Å². The van der Waals surface area contributed by atoms with Crippen molar-refractivity contribution in [2.45, 2.75) is 100 Å². The summed E-state index contributed by atoms with van der Waals surface area (Å²) in [6.07, 6.45) is 10.8. The van der Waals surface area contributed by atoms with Crippen LogP contribution in [-0.2, 0) is 10.8 Å². The number of benzene rings is 9. The zero-order chi connectivity index (χ0) is 73.3. The molecule has 0 aliphatic carbocycles. The number of hydrogen-bond acceptors (Lipinski definition) is 12. The Kier molecular flexibility index (Phi) is 20.1. The number of nitrogens with zero attached hydrogens (tertiary/aromatic N) is 9. The molecule has 9 aromatic carbocycles. The topological polar surface area (TPSA) is 292 Å². The predicted octanol–water partition coefficient (Wildman–Crippen LogP) is 19.6. The van der Waals surface area contributed by atoms with Gasteiger partial charge < -0.3 is 49.1 Å². The van der Waals surface area contributed by atoms with Crippen molar-refractivity contribution in [3.05, 3.63) is 253 Å². The standard InChI is InChI=1S/2C28H28N6O.C27H26N6O.CH4/c2*1-17-8-7-9-18(16-17)31-27(35)32-22-13-12-21(19-10-5-6-11-20(19)22)23-24-25(29)30-14-15-34(24)26(33-23)28(2,3)4;1-16(2)26-32-23(24-25(28)29-13-14-33(24)26)21-11-12-22(20-10-5-4-9-19(20)21)31-27(34)30-18-8-6-7-17(3)15-18;/h2*5-16H,1-4H3,(H2,29,30)(H2,31,32,35);4-16H,1-3H3,(H2,28,29)(H2,30,31,34);1H4. The molecule has 0 spiro atoms. The van der Waals surface area contributed by atoms with E-state index in [1.807, 2.05) is 235 Å². The van der Waals surface area contributed by atoms with Crippen LogP contribution in [0, 0.1) is 20.8 Å². The minimum Gasteiger partial charge on any atom is -0.382 e. The lowest BCUT2D eigenvalue weighted by atomic mass is 9.96. The summed E-state index contributed by atoms with van der Waals surface area (Å²) in [4.78, 5) is 66.2. The Morgan fingerprint density at radius 1 is 0.371 bits per heavy atom. The Labute approximate surface area is 609 Å². The first-order valence-corrected chi connectivity index (χ1v) is 34.3. The van der Waals surface area contributed by atoms with Gasteiger partial charge in [-0.25, -0.2) is 44.3 Å². The summed E-state index contributed by atoms with van der Waals surface area (Å²) in [7, 11) is 0. The number of fused-ring (bicyclic) bond motifs is 6. The largest absolute Gasteiger partial charge is 0.382 e. The molecule has 15 rings (SSSR count). The molecule has 21 nitrogen and oxygen atoms in total. The van der Waals surface area contributed by atoms with Crippen LogP contribution in [0.2, 0.25) is 0 Å². The molecular weight excluding hydrogens is 1310 g/mol. The Hall–Kier alpha value is -13.2. The third kappa shape index (κ3) is 15.0. The molecule has 0 radical (unpaired) electrons. The molecule has 0 fully saturated rings. The normalized spacial score (nSPS) is 11.4. The molecule has 0 saturated heterocycles. The maximum absolute atomic E-state index is 12.8. The lowest BCUT2D eigenvalue weighted by Gasteiger charge is -2.16. The lowest BCUT2D eigenvalue weighted by Crippen LogP contribution is -2.19. The fraction of sp³-hybridized carbons (Fsp3) is 0.179. The number of aryl methyl sites for hydroxylation is 3. The molecule has 15 aromatic rings. The average Bonchev–Trinajstić information content (AvgIpc) is 1.64. The van der Waals surface area contributed by atoms with Crippen molar-refractivity contribution in [3.63, 3.8) is 0 Å². The average molecular weight is 1400 g/mol. The summed E-state index contributed by atoms with van der Waals surface area (Å²) in [5.41, 5.74) is 33.6. The predicted molar refractivity (Wildman–Crippen MR) is 431 cm³/mol. The van der Waals surface area contributed by atoms with Gasteiger partial charge in [-0.1, -0.05) is 190 Å². The summed E-state index contributed by atoms with van der Waals surface area (Å²) in [6, 6.07) is 57.7. The van der Waals surface area contributed by atoms with Crippen molar-refractivity contribution in [1.82, 2.24) is 43.1 Å². The molecule has 6 aromatic heterocycles. The van der Waals surface area contributed by atoms with Crippen molar-refractivity contribution in [1.29, 1.82) is 0 Å². The number of hydrogen-bond donors (Lipinski definition) is 9. The highest BCUT2D eigenvalue weighted by Gasteiger charge is 2.29. The molecule has 0 saturated carbocycles. The zero-order valence-corrected chi connectivity index (χ0v) is 59.8. The van der Waals surface area contributed by atoms with E-state index in [4.69, 9.17) is 32.2 Å². The Bertz CT molecular complexity index is 5580. The number of amides is 6. The lowest BCUT2D eigenvalue weighted by molar-refractivity contribution is 0.261. The molecule has 6 heterocycles. The summed E-state index contributed by atoms with van der Waals surface area (Å²) >= 11 is 0. The molecule has 105 heavy (non-hydrogen) atoms. The van der Waals surface area contributed by atoms with Gasteiger partial charge in [-0.15, -0.1) is 0 Å². The first-order chi connectivity index (χ1) is 49.9. The Morgan fingerprint density at radius 3 is 0.971 bits per heavy atom. The van der Waals surface area contributed by atoms with Gasteiger partial charge in [-0.05, 0) is 108 Å². The summed E-state index contributed by atoms with van der Waals surface area (Å²) in [5.74, 6) is 4.22. The van der Waals surface area contributed by atoms with Crippen LogP contribution in [0.15, 0.2) is 219 Å². The van der Waals surface area contributed by atoms with Crippen LogP contribution >= 0.6 is 0 Å². The number of nitrogens with two attached hydrogens (primary N) is 3. The van der Waals surface area contributed by atoms with E-state index in [9.17, 15) is 14.4 Å². The number of anilines is 9. The second kappa shape index (κ2) is 29.4. The molecule has 0 atom stereocenters. The molecule has 0 aliphatic rings. The van der Waals surface area contributed by atoms with Crippen molar-refractivity contribution in [3.8, 4) is 33.8 Å². The third-order valence-electron chi connectivity index (χ3n) is 17.7. The van der Waals surface area contributed by atoms with E-state index in [1.54, 1.807) is 18.6 Å². The van der Waals surface area contributed by atoms with E-state index in [1.165, 1.54) is 0 Å². The van der Waals surface area contributed by atoms with Crippen molar-refractivity contribution in [2.75, 3.05) is 49.1 Å². The molecule has 21 heteroatoms. The number of carbonyl (C=O) groups is 3. The molecule has 0 bridgehead atoms. The number of nitrogens with one attached hydrogen (secondary N) is 6. The number of nitrogen functional groups attached to an aromatic ring is 3. The minimum atomic E-state index is -0.301. The maximum Gasteiger partial charge on any atom is 0.323 e. The van der Waals surface area contributed by atoms with Crippen LogP contribution in [0.25, 0.3) is 82.6 Å². The van der Waals surface area contributed by atoms with Gasteiger partial charge in [0.05, 0.1) is 17.1 Å². The van der Waals surface area contributed by atoms with E-state index in [2.05, 4.69) is 102 Å². The van der Waals surface area contributed by atoms with Crippen LogP contribution < -0.4 is 49.1 Å². The second-order valence-corrected chi connectivity index (χ2v) is 28.1. The molecular formula is C84H86N18O3. The van der Waals surface area contributed by atoms with Crippen LogP contribution in [0.1, 0.15) is 103 Å². The summed E-state index contributed by atoms with van der Waals surface area (Å²) < 4.78 is 6.06. The van der Waals surface area contributed by atoms with Gasteiger partial charge in [-0.2, -0.15) is 0 Å². The van der Waals surface area contributed by atoms with Gasteiger partial charge in [0.25, 0.3) is 0 Å². The summed E-state index contributed by atoms with van der Waals surface area (Å²) in [5, 5.41) is 23.3. The first kappa shape index (κ1) is 71.6. The van der Waals surface area contributed by atoms with Crippen LogP contribution in [0.3, 0.4) is 0 Å². The monoisotopic (exact) mass is 1390 g/mol. The fourth-order valence-electron chi connectivity index (χ4n) is 13.1. The summed E-state index contributed by atoms with van der Waals surface area (Å²) in [6.45, 7) is 22.9. The van der Waals surface area contributed by atoms with Crippen LogP contribution in [0.5, 0.6) is 0 Å². The zero-order valence-electron chi connectivity index (χ0n) is 59.8. The molecule has 530 valence electrons. The van der Waals surface area contributed by atoms with Crippen molar-refractivity contribution >= 4 is 119 Å². The van der Waals surface area contributed by atoms with Crippen molar-refractivity contribution in [2.24, 2.45) is 0 Å². The number of imidazole rings is 3. The SMILES string of the molecule is C.Cc1cccc(NC(=O)Nc2ccc(-c3nc(C(C)(C)C)n4ccnc(N)c34)c3ccccc23)c1.Cc1cccc(NC(=O)Nc2ccc(-c3nc(C(C)(C)C)n4ccnc(N)c34)c3ccccc23)c1.Cc1cccc(NC(=O)Nc2ccc(-c3nc(C(C)C)n4ccnc(N)c34)c3ccccc23)c1. The number of rotatable bonds is 10. The maximum atomic E-state index is 12.8. The highest BCUT2D eigenvalue weighted by atomic mass is 16.2.